The molecule has 6 nitrogen and oxygen atoms in total. The van der Waals surface area contributed by atoms with E-state index in [1.54, 1.807) is 23.6 Å². The van der Waals surface area contributed by atoms with Gasteiger partial charge in [-0.3, -0.25) is 0 Å². The van der Waals surface area contributed by atoms with Crippen LogP contribution in [0.3, 0.4) is 0 Å². The first-order chi connectivity index (χ1) is 12.7. The lowest BCUT2D eigenvalue weighted by Crippen LogP contribution is -2.10. The minimum atomic E-state index is -0.667. The number of rotatable bonds is 5. The van der Waals surface area contributed by atoms with E-state index < -0.39 is 12.1 Å². The molecule has 0 aliphatic carbocycles. The monoisotopic (exact) mass is 383 g/mol. The number of thiazole rings is 1. The summed E-state index contributed by atoms with van der Waals surface area (Å²) in [7, 11) is 0. The van der Waals surface area contributed by atoms with Crippen molar-refractivity contribution in [3.63, 3.8) is 0 Å². The molecule has 8 heteroatoms. The lowest BCUT2D eigenvalue weighted by Gasteiger charge is -2.07. The lowest BCUT2D eigenvalue weighted by molar-refractivity contribution is 0.0274. The molecule has 0 saturated carbocycles. The highest BCUT2D eigenvalue weighted by Crippen LogP contribution is 2.29. The van der Waals surface area contributed by atoms with Crippen LogP contribution in [-0.4, -0.2) is 21.2 Å². The molecule has 3 aromatic heterocycles. The molecule has 0 fully saturated rings. The highest BCUT2D eigenvalue weighted by Gasteiger charge is 2.22. The Hall–Kier alpha value is -2.84. The maximum atomic E-state index is 12.3. The van der Waals surface area contributed by atoms with E-state index in [1.165, 1.54) is 11.3 Å². The summed E-state index contributed by atoms with van der Waals surface area (Å²) in [5.41, 5.74) is 1.08. The molecule has 4 rings (SSSR count). The van der Waals surface area contributed by atoms with Crippen LogP contribution in [0.25, 0.3) is 21.3 Å². The fourth-order valence-corrected chi connectivity index (χ4v) is 3.85. The normalized spacial score (nSPS) is 12.0. The van der Waals surface area contributed by atoms with Crippen LogP contribution in [0.15, 0.2) is 57.6 Å². The largest absolute Gasteiger partial charge is 0.448 e. The number of aromatic nitrogens is 3. The number of benzene rings is 1. The third-order valence-corrected chi connectivity index (χ3v) is 5.42. The zero-order valence-electron chi connectivity index (χ0n) is 13.7. The second-order valence-electron chi connectivity index (χ2n) is 5.37. The maximum Gasteiger partial charge on any atom is 0.358 e. The summed E-state index contributed by atoms with van der Waals surface area (Å²) in [5, 5.41) is 12.4. The number of nitrogens with zero attached hydrogens (tertiary/aromatic N) is 3. The Morgan fingerprint density at radius 1 is 1.12 bits per heavy atom. The summed E-state index contributed by atoms with van der Waals surface area (Å²) < 4.78 is 11.0. The van der Waals surface area contributed by atoms with Crippen LogP contribution < -0.4 is 0 Å². The summed E-state index contributed by atoms with van der Waals surface area (Å²) in [6.45, 7) is 1.69. The Kier molecular flexibility index (Phi) is 4.59. The molecule has 0 aliphatic rings. The van der Waals surface area contributed by atoms with Crippen LogP contribution in [0.5, 0.6) is 0 Å². The molecule has 0 aliphatic heterocycles. The fourth-order valence-electron chi connectivity index (χ4n) is 2.25. The molecule has 130 valence electrons. The van der Waals surface area contributed by atoms with Crippen LogP contribution in [-0.2, 0) is 4.74 Å². The molecule has 3 heterocycles. The Morgan fingerprint density at radius 3 is 2.73 bits per heavy atom. The van der Waals surface area contributed by atoms with Crippen molar-refractivity contribution in [2.24, 2.45) is 0 Å². The fraction of sp³-hybridized carbons (Fsp3) is 0.111. The van der Waals surface area contributed by atoms with E-state index in [4.69, 9.17) is 9.15 Å². The molecule has 0 amide bonds. The molecule has 1 atom stereocenters. The third-order valence-electron chi connectivity index (χ3n) is 3.54. The number of carbonyl (C=O) groups is 1. The van der Waals surface area contributed by atoms with Crippen molar-refractivity contribution in [3.05, 3.63) is 64.8 Å². The summed E-state index contributed by atoms with van der Waals surface area (Å²) in [5.74, 6) is 0.110. The van der Waals surface area contributed by atoms with Crippen LogP contribution in [0.4, 0.5) is 0 Å². The van der Waals surface area contributed by atoms with Crippen LogP contribution in [0.2, 0.25) is 0 Å². The van der Waals surface area contributed by atoms with E-state index in [2.05, 4.69) is 15.2 Å². The first-order valence-electron chi connectivity index (χ1n) is 7.80. The van der Waals surface area contributed by atoms with Crippen molar-refractivity contribution in [2.75, 3.05) is 0 Å². The smallest absolute Gasteiger partial charge is 0.358 e. The van der Waals surface area contributed by atoms with Gasteiger partial charge in [-0.2, -0.15) is 0 Å². The minimum Gasteiger partial charge on any atom is -0.448 e. The number of esters is 1. The Bertz CT molecular complexity index is 1010. The predicted octanol–water partition coefficient (Wildman–Crippen LogP) is 4.84. The van der Waals surface area contributed by atoms with Gasteiger partial charge < -0.3 is 9.15 Å². The van der Waals surface area contributed by atoms with Gasteiger partial charge in [0.1, 0.15) is 5.01 Å². The van der Waals surface area contributed by atoms with Gasteiger partial charge in [0.05, 0.1) is 4.88 Å². The summed E-state index contributed by atoms with van der Waals surface area (Å²) >= 11 is 2.98. The predicted molar refractivity (Wildman–Crippen MR) is 99.0 cm³/mol. The number of hydrogen-bond acceptors (Lipinski definition) is 8. The topological polar surface area (TPSA) is 78.1 Å². The minimum absolute atomic E-state index is 0.242. The molecular formula is C18H13N3O3S2. The Labute approximate surface area is 157 Å². The highest BCUT2D eigenvalue weighted by atomic mass is 32.1. The van der Waals surface area contributed by atoms with E-state index in [9.17, 15) is 4.79 Å². The van der Waals surface area contributed by atoms with Crippen molar-refractivity contribution in [2.45, 2.75) is 13.0 Å². The number of thiophene rings is 1. The van der Waals surface area contributed by atoms with Gasteiger partial charge >= 0.3 is 5.97 Å². The van der Waals surface area contributed by atoms with Gasteiger partial charge in [-0.25, -0.2) is 9.78 Å². The molecule has 0 bridgehead atoms. The number of hydrogen-bond donors (Lipinski definition) is 0. The number of carbonyl (C=O) groups excluding carboxylic acids is 1. The van der Waals surface area contributed by atoms with E-state index in [0.29, 0.717) is 5.89 Å². The molecule has 0 radical (unpaired) electrons. The Balaban J connectivity index is 1.46. The first kappa shape index (κ1) is 16.6. The zero-order valence-corrected chi connectivity index (χ0v) is 15.3. The van der Waals surface area contributed by atoms with Crippen molar-refractivity contribution in [3.8, 4) is 21.3 Å². The molecule has 0 unspecified atom stereocenters. The van der Waals surface area contributed by atoms with Crippen molar-refractivity contribution < 1.29 is 13.9 Å². The summed E-state index contributed by atoms with van der Waals surface area (Å²) in [6.07, 6.45) is -0.667. The SMILES string of the molecule is C[C@H](OC(=O)c1csc(-c2cccs2)n1)c1nnc(-c2ccccc2)o1. The standard InChI is InChI=1S/C18H13N3O3S2/c1-11(15-20-21-16(24-15)12-6-3-2-4-7-12)23-18(22)13-10-26-17(19-13)14-8-5-9-25-14/h2-11H,1H3/t11-/m0/s1. The molecule has 0 spiro atoms. The van der Waals surface area contributed by atoms with E-state index in [1.807, 2.05) is 47.8 Å². The third kappa shape index (κ3) is 3.42. The van der Waals surface area contributed by atoms with E-state index in [0.717, 1.165) is 15.4 Å². The van der Waals surface area contributed by atoms with Gasteiger partial charge in [0.2, 0.25) is 5.89 Å². The van der Waals surface area contributed by atoms with Gasteiger partial charge in [0, 0.05) is 10.9 Å². The van der Waals surface area contributed by atoms with Gasteiger partial charge in [-0.15, -0.1) is 32.9 Å². The second kappa shape index (κ2) is 7.19. The second-order valence-corrected chi connectivity index (χ2v) is 7.18. The van der Waals surface area contributed by atoms with Crippen LogP contribution in [0.1, 0.15) is 29.4 Å². The molecule has 4 aromatic rings. The quantitative estimate of drug-likeness (QED) is 0.459. The lowest BCUT2D eigenvalue weighted by atomic mass is 10.2. The molecule has 26 heavy (non-hydrogen) atoms. The van der Waals surface area contributed by atoms with Crippen molar-refractivity contribution >= 4 is 28.6 Å². The maximum absolute atomic E-state index is 12.3. The summed E-state index contributed by atoms with van der Waals surface area (Å²) in [4.78, 5) is 17.7. The van der Waals surface area contributed by atoms with Gasteiger partial charge in [0.25, 0.3) is 5.89 Å². The van der Waals surface area contributed by atoms with Crippen molar-refractivity contribution in [1.29, 1.82) is 0 Å². The molecule has 1 aromatic carbocycles. The van der Waals surface area contributed by atoms with Crippen LogP contribution >= 0.6 is 22.7 Å². The summed E-state index contributed by atoms with van der Waals surface area (Å²) in [6, 6.07) is 13.3. The molecule has 0 saturated heterocycles. The molecular weight excluding hydrogens is 370 g/mol. The average molecular weight is 383 g/mol. The zero-order chi connectivity index (χ0) is 17.9. The van der Waals surface area contributed by atoms with Gasteiger partial charge in [0.15, 0.2) is 11.8 Å². The van der Waals surface area contributed by atoms with Crippen LogP contribution in [0, 0.1) is 0 Å². The van der Waals surface area contributed by atoms with Gasteiger partial charge in [-0.1, -0.05) is 24.3 Å². The average Bonchev–Trinajstić information content (AvgIpc) is 3.43. The van der Waals surface area contributed by atoms with E-state index >= 15 is 0 Å². The van der Waals surface area contributed by atoms with Gasteiger partial charge in [-0.05, 0) is 30.5 Å². The number of ether oxygens (including phenoxy) is 1. The first-order valence-corrected chi connectivity index (χ1v) is 9.56. The van der Waals surface area contributed by atoms with Crippen molar-refractivity contribution in [1.82, 2.24) is 15.2 Å². The van der Waals surface area contributed by atoms with E-state index in [-0.39, 0.29) is 11.6 Å². The Morgan fingerprint density at radius 2 is 1.96 bits per heavy atom. The highest BCUT2D eigenvalue weighted by molar-refractivity contribution is 7.20. The molecule has 0 N–H and O–H groups in total.